The summed E-state index contributed by atoms with van der Waals surface area (Å²) in [6, 6.07) is 0. The summed E-state index contributed by atoms with van der Waals surface area (Å²) < 4.78 is 22.8. The molecule has 4 atom stereocenters. The van der Waals surface area contributed by atoms with Gasteiger partial charge in [-0.25, -0.2) is 0 Å². The van der Waals surface area contributed by atoms with Crippen LogP contribution in [0.25, 0.3) is 0 Å². The summed E-state index contributed by atoms with van der Waals surface area (Å²) in [5.41, 5.74) is 0. The monoisotopic (exact) mass is 275 g/mol. The molecule has 92 valence electrons. The number of hydrogen-bond acceptors (Lipinski definition) is 4. The van der Waals surface area contributed by atoms with Gasteiger partial charge in [0.25, 0.3) is 0 Å². The summed E-state index contributed by atoms with van der Waals surface area (Å²) in [7, 11) is 0.847. The minimum atomic E-state index is -4.30. The van der Waals surface area contributed by atoms with Gasteiger partial charge >= 0.3 is 9.24 Å². The number of allylic oxidation sites excluding steroid dienone is 2. The standard InChI is InChI=1S/C10H10ClNO4S/c11-17(15,16)12-9(13)7-5-1-2-6(4-3-5)8(7)10(12)14/h1-2,5-8H,3-4H2. The van der Waals surface area contributed by atoms with E-state index in [0.717, 1.165) is 12.8 Å². The number of fused-ring (bicyclic) bond motifs is 1. The molecule has 4 rings (SSSR count). The molecule has 0 aromatic carbocycles. The molecule has 3 aliphatic carbocycles. The van der Waals surface area contributed by atoms with Crippen LogP contribution in [0.1, 0.15) is 12.8 Å². The summed E-state index contributed by atoms with van der Waals surface area (Å²) in [5.74, 6) is -2.42. The zero-order valence-electron chi connectivity index (χ0n) is 8.74. The van der Waals surface area contributed by atoms with E-state index in [-0.39, 0.29) is 16.1 Å². The molecule has 5 nitrogen and oxygen atoms in total. The molecule has 2 bridgehead atoms. The first-order valence-electron chi connectivity index (χ1n) is 5.42. The molecule has 0 N–H and O–H groups in total. The van der Waals surface area contributed by atoms with Crippen LogP contribution in [0, 0.1) is 23.7 Å². The Kier molecular flexibility index (Phi) is 2.19. The predicted octanol–water partition coefficient (Wildman–Crippen LogP) is 0.667. The van der Waals surface area contributed by atoms with E-state index in [2.05, 4.69) is 0 Å². The van der Waals surface area contributed by atoms with Crippen molar-refractivity contribution in [3.8, 4) is 0 Å². The normalized spacial score (nSPS) is 39.9. The third-order valence-electron chi connectivity index (χ3n) is 3.94. The maximum atomic E-state index is 12.0. The lowest BCUT2D eigenvalue weighted by atomic mass is 9.63. The quantitative estimate of drug-likeness (QED) is 0.401. The Morgan fingerprint density at radius 2 is 1.47 bits per heavy atom. The van der Waals surface area contributed by atoms with Gasteiger partial charge in [0.1, 0.15) is 0 Å². The van der Waals surface area contributed by atoms with Crippen molar-refractivity contribution in [1.29, 1.82) is 0 Å². The molecule has 1 heterocycles. The van der Waals surface area contributed by atoms with Gasteiger partial charge in [-0.3, -0.25) is 9.59 Å². The van der Waals surface area contributed by atoms with Crippen LogP contribution >= 0.6 is 10.7 Å². The van der Waals surface area contributed by atoms with Gasteiger partial charge in [-0.1, -0.05) is 12.2 Å². The summed E-state index contributed by atoms with van der Waals surface area (Å²) in [5, 5.41) is 0. The largest absolute Gasteiger partial charge is 0.330 e. The van der Waals surface area contributed by atoms with Gasteiger partial charge in [0.05, 0.1) is 11.8 Å². The fourth-order valence-electron chi connectivity index (χ4n) is 3.26. The van der Waals surface area contributed by atoms with Crippen molar-refractivity contribution in [3.63, 3.8) is 0 Å². The topological polar surface area (TPSA) is 71.5 Å². The Morgan fingerprint density at radius 3 is 1.76 bits per heavy atom. The second kappa shape index (κ2) is 3.32. The van der Waals surface area contributed by atoms with E-state index in [0.29, 0.717) is 0 Å². The minimum Gasteiger partial charge on any atom is -0.273 e. The molecule has 17 heavy (non-hydrogen) atoms. The number of rotatable bonds is 1. The molecular weight excluding hydrogens is 266 g/mol. The van der Waals surface area contributed by atoms with E-state index < -0.39 is 32.9 Å². The molecule has 2 amide bonds. The zero-order valence-corrected chi connectivity index (χ0v) is 10.3. The molecule has 1 saturated heterocycles. The van der Waals surface area contributed by atoms with Gasteiger partial charge in [-0.15, -0.1) is 0 Å². The molecule has 0 spiro atoms. The number of nitrogens with zero attached hydrogens (tertiary/aromatic N) is 1. The zero-order chi connectivity index (χ0) is 12.4. The number of halogens is 1. The molecule has 7 heteroatoms. The second-order valence-electron chi connectivity index (χ2n) is 4.72. The van der Waals surface area contributed by atoms with Gasteiger partial charge in [0.2, 0.25) is 11.8 Å². The molecule has 0 radical (unpaired) electrons. The van der Waals surface area contributed by atoms with E-state index in [1.807, 2.05) is 12.2 Å². The Bertz CT molecular complexity index is 509. The van der Waals surface area contributed by atoms with Crippen LogP contribution in [0.3, 0.4) is 0 Å². The molecular formula is C10H10ClNO4S. The highest BCUT2D eigenvalue weighted by atomic mass is 35.7. The van der Waals surface area contributed by atoms with E-state index in [4.69, 9.17) is 10.7 Å². The van der Waals surface area contributed by atoms with E-state index in [1.54, 1.807) is 0 Å². The lowest BCUT2D eigenvalue weighted by Crippen LogP contribution is -2.38. The number of imide groups is 1. The third kappa shape index (κ3) is 1.40. The number of hydrogen-bond donors (Lipinski definition) is 0. The molecule has 1 saturated carbocycles. The van der Waals surface area contributed by atoms with Gasteiger partial charge in [0.15, 0.2) is 0 Å². The fraction of sp³-hybridized carbons (Fsp3) is 0.600. The van der Waals surface area contributed by atoms with Crippen LogP contribution in [0.2, 0.25) is 0 Å². The van der Waals surface area contributed by atoms with Crippen molar-refractivity contribution in [3.05, 3.63) is 12.2 Å². The van der Waals surface area contributed by atoms with Gasteiger partial charge in [-0.2, -0.15) is 12.7 Å². The lowest BCUT2D eigenvalue weighted by Gasteiger charge is -2.38. The van der Waals surface area contributed by atoms with Crippen LogP contribution in [0.4, 0.5) is 0 Å². The third-order valence-corrected chi connectivity index (χ3v) is 5.15. The summed E-state index contributed by atoms with van der Waals surface area (Å²) in [4.78, 5) is 24.0. The molecule has 0 aromatic rings. The Morgan fingerprint density at radius 1 is 1.06 bits per heavy atom. The first kappa shape index (κ1) is 11.2. The fourth-order valence-corrected chi connectivity index (χ4v) is 4.34. The van der Waals surface area contributed by atoms with Gasteiger partial charge in [-0.05, 0) is 24.7 Å². The van der Waals surface area contributed by atoms with Crippen molar-refractivity contribution in [2.45, 2.75) is 12.8 Å². The maximum Gasteiger partial charge on any atom is 0.330 e. The number of carbonyl (C=O) groups is 2. The Hall–Kier alpha value is -0.880. The van der Waals surface area contributed by atoms with E-state index in [1.165, 1.54) is 0 Å². The molecule has 0 aromatic heterocycles. The molecule has 2 fully saturated rings. The molecule has 4 unspecified atom stereocenters. The smallest absolute Gasteiger partial charge is 0.273 e. The second-order valence-corrected chi connectivity index (χ2v) is 7.08. The Balaban J connectivity index is 2.08. The maximum absolute atomic E-state index is 12.0. The average Bonchev–Trinajstić information content (AvgIpc) is 2.54. The van der Waals surface area contributed by atoms with Crippen molar-refractivity contribution < 1.29 is 18.0 Å². The lowest BCUT2D eigenvalue weighted by molar-refractivity contribution is -0.133. The first-order chi connectivity index (χ1) is 7.91. The summed E-state index contributed by atoms with van der Waals surface area (Å²) in [6.45, 7) is 0. The predicted molar refractivity (Wildman–Crippen MR) is 59.0 cm³/mol. The van der Waals surface area contributed by atoms with Crippen molar-refractivity contribution in [2.24, 2.45) is 23.7 Å². The van der Waals surface area contributed by atoms with Gasteiger partial charge < -0.3 is 0 Å². The number of carbonyl (C=O) groups excluding carboxylic acids is 2. The molecule has 1 aliphatic heterocycles. The van der Waals surface area contributed by atoms with Crippen LogP contribution in [-0.4, -0.2) is 24.5 Å². The summed E-state index contributed by atoms with van der Waals surface area (Å²) in [6.07, 6.45) is 5.50. The highest BCUT2D eigenvalue weighted by molar-refractivity contribution is 8.12. The van der Waals surface area contributed by atoms with Crippen LogP contribution in [0.15, 0.2) is 12.2 Å². The SMILES string of the molecule is O=C1C2C3C=CC(CC3)C2C(=O)N1S(=O)(=O)Cl. The molecule has 4 aliphatic rings. The number of amides is 2. The Labute approximate surface area is 103 Å². The van der Waals surface area contributed by atoms with Crippen molar-refractivity contribution >= 4 is 31.7 Å². The average molecular weight is 276 g/mol. The van der Waals surface area contributed by atoms with Crippen LogP contribution in [0.5, 0.6) is 0 Å². The summed E-state index contributed by atoms with van der Waals surface area (Å²) >= 11 is 0. The first-order valence-corrected chi connectivity index (χ1v) is 7.69. The van der Waals surface area contributed by atoms with Crippen molar-refractivity contribution in [2.75, 3.05) is 0 Å². The minimum absolute atomic E-state index is 0.0233. The van der Waals surface area contributed by atoms with Crippen molar-refractivity contribution in [1.82, 2.24) is 4.31 Å². The highest BCUT2D eigenvalue weighted by Crippen LogP contribution is 2.50. The van der Waals surface area contributed by atoms with Crippen LogP contribution < -0.4 is 0 Å². The van der Waals surface area contributed by atoms with Crippen LogP contribution in [-0.2, 0) is 18.8 Å². The highest BCUT2D eigenvalue weighted by Gasteiger charge is 2.59. The van der Waals surface area contributed by atoms with E-state index in [9.17, 15) is 18.0 Å². The van der Waals surface area contributed by atoms with E-state index >= 15 is 0 Å². The van der Waals surface area contributed by atoms with Gasteiger partial charge in [0, 0.05) is 10.7 Å².